The van der Waals surface area contributed by atoms with Crippen molar-refractivity contribution in [1.29, 1.82) is 0 Å². The lowest BCUT2D eigenvalue weighted by Gasteiger charge is -2.14. The second kappa shape index (κ2) is 5.66. The van der Waals surface area contributed by atoms with E-state index >= 15 is 0 Å². The molecule has 2 aromatic rings. The zero-order valence-corrected chi connectivity index (χ0v) is 11.6. The smallest absolute Gasteiger partial charge is 0.418 e. The third-order valence-corrected chi connectivity index (χ3v) is 3.76. The van der Waals surface area contributed by atoms with Gasteiger partial charge in [0.1, 0.15) is 5.75 Å². The van der Waals surface area contributed by atoms with Crippen LogP contribution in [0.25, 0.3) is 0 Å². The summed E-state index contributed by atoms with van der Waals surface area (Å²) < 4.78 is 17.2. The van der Waals surface area contributed by atoms with Gasteiger partial charge in [0.2, 0.25) is 0 Å². The molecule has 0 saturated heterocycles. The second-order valence-electron chi connectivity index (χ2n) is 3.50. The lowest BCUT2D eigenvalue weighted by molar-refractivity contribution is 0.503. The van der Waals surface area contributed by atoms with E-state index in [1.54, 1.807) is 36.4 Å². The maximum Gasteiger partial charge on any atom is 0.435 e. The highest BCUT2D eigenvalue weighted by Crippen LogP contribution is 2.51. The third-order valence-electron chi connectivity index (χ3n) is 2.07. The molecule has 0 heterocycles. The highest BCUT2D eigenvalue weighted by molar-refractivity contribution is 7.86. The van der Waals surface area contributed by atoms with Gasteiger partial charge in [0.05, 0.1) is 0 Å². The van der Waals surface area contributed by atoms with Crippen molar-refractivity contribution in [3.05, 3.63) is 59.6 Å². The summed E-state index contributed by atoms with van der Waals surface area (Å²) >= 11 is 11.6. The van der Waals surface area contributed by atoms with E-state index in [0.29, 0.717) is 16.5 Å². The first kappa shape index (κ1) is 13.3. The van der Waals surface area contributed by atoms with E-state index in [2.05, 4.69) is 5.09 Å². The second-order valence-corrected chi connectivity index (χ2v) is 6.64. The van der Waals surface area contributed by atoms with Crippen molar-refractivity contribution >= 4 is 35.4 Å². The van der Waals surface area contributed by atoms with Crippen LogP contribution in [0.15, 0.2) is 54.6 Å². The van der Waals surface area contributed by atoms with Crippen LogP contribution in [0.1, 0.15) is 0 Å². The summed E-state index contributed by atoms with van der Waals surface area (Å²) in [4.78, 5) is 0. The van der Waals surface area contributed by atoms with Crippen molar-refractivity contribution in [2.45, 2.75) is 0 Å². The summed E-state index contributed by atoms with van der Waals surface area (Å²) in [6.45, 7) is -3.47. The molecule has 0 unspecified atom stereocenters. The average molecular weight is 302 g/mol. The predicted molar refractivity (Wildman–Crippen MR) is 75.6 cm³/mol. The molecule has 3 nitrogen and oxygen atoms in total. The Hall–Kier alpha value is -1.15. The number of para-hydroxylation sites is 1. The van der Waals surface area contributed by atoms with Crippen LogP contribution in [0.5, 0.6) is 5.75 Å². The largest absolute Gasteiger partial charge is 0.435 e. The standard InChI is InChI=1S/C12H10Cl2NO2P/c13-10-6-8-12(9-7-10)17-18(14,16)15-11-4-2-1-3-5-11/h1-9H,(H,15,16)/t18-/m1/s1. The highest BCUT2D eigenvalue weighted by Gasteiger charge is 2.20. The highest BCUT2D eigenvalue weighted by atomic mass is 35.7. The molecule has 94 valence electrons. The monoisotopic (exact) mass is 301 g/mol. The van der Waals surface area contributed by atoms with E-state index in [0.717, 1.165) is 0 Å². The molecule has 1 atom stereocenters. The first-order valence-electron chi connectivity index (χ1n) is 5.13. The number of benzene rings is 2. The molecule has 0 aliphatic heterocycles. The molecule has 1 N–H and O–H groups in total. The molecule has 0 saturated carbocycles. The van der Waals surface area contributed by atoms with Crippen LogP contribution in [0, 0.1) is 0 Å². The number of anilines is 1. The summed E-state index contributed by atoms with van der Waals surface area (Å²) in [5, 5.41) is 3.22. The fraction of sp³-hybridized carbons (Fsp3) is 0. The molecule has 0 aliphatic rings. The zero-order chi connectivity index (χ0) is 13.0. The van der Waals surface area contributed by atoms with E-state index in [9.17, 15) is 4.57 Å². The van der Waals surface area contributed by atoms with Gasteiger partial charge in [-0.15, -0.1) is 0 Å². The topological polar surface area (TPSA) is 38.3 Å². The number of hydrogen-bond acceptors (Lipinski definition) is 2. The summed E-state index contributed by atoms with van der Waals surface area (Å²) in [6, 6.07) is 15.4. The summed E-state index contributed by atoms with van der Waals surface area (Å²) in [6.07, 6.45) is 0. The lowest BCUT2D eigenvalue weighted by Crippen LogP contribution is -1.98. The molecule has 6 heteroatoms. The van der Waals surface area contributed by atoms with Crippen molar-refractivity contribution in [2.75, 3.05) is 5.09 Å². The van der Waals surface area contributed by atoms with Crippen LogP contribution in [0.4, 0.5) is 5.69 Å². The summed E-state index contributed by atoms with van der Waals surface area (Å²) in [7, 11) is 0. The molecule has 0 fully saturated rings. The van der Waals surface area contributed by atoms with Gasteiger partial charge in [0.25, 0.3) is 0 Å². The van der Waals surface area contributed by atoms with Gasteiger partial charge in [-0.05, 0) is 36.4 Å². The van der Waals surface area contributed by atoms with Gasteiger partial charge in [0, 0.05) is 22.0 Å². The van der Waals surface area contributed by atoms with Crippen LogP contribution in [-0.2, 0) is 4.57 Å². The van der Waals surface area contributed by atoms with Crippen molar-refractivity contribution in [3.63, 3.8) is 0 Å². The van der Waals surface area contributed by atoms with E-state index in [4.69, 9.17) is 27.4 Å². The minimum atomic E-state index is -3.47. The molecule has 0 aliphatic carbocycles. The van der Waals surface area contributed by atoms with Crippen LogP contribution in [-0.4, -0.2) is 0 Å². The van der Waals surface area contributed by atoms with Crippen molar-refractivity contribution in [1.82, 2.24) is 0 Å². The Kier molecular flexibility index (Phi) is 4.18. The normalized spacial score (nSPS) is 13.7. The molecule has 0 aromatic heterocycles. The van der Waals surface area contributed by atoms with Crippen molar-refractivity contribution < 1.29 is 9.09 Å². The van der Waals surface area contributed by atoms with Gasteiger partial charge >= 0.3 is 6.87 Å². The zero-order valence-electron chi connectivity index (χ0n) is 9.22. The molecule has 0 radical (unpaired) electrons. The molecule has 0 bridgehead atoms. The van der Waals surface area contributed by atoms with Gasteiger partial charge in [0.15, 0.2) is 0 Å². The Labute approximate surface area is 115 Å². The van der Waals surface area contributed by atoms with E-state index in [1.165, 1.54) is 0 Å². The first-order valence-corrected chi connectivity index (χ1v) is 8.04. The predicted octanol–water partition coefficient (Wildman–Crippen LogP) is 5.18. The molecule has 2 rings (SSSR count). The fourth-order valence-corrected chi connectivity index (χ4v) is 2.87. The molecule has 0 amide bonds. The Morgan fingerprint density at radius 3 is 2.22 bits per heavy atom. The number of hydrogen-bond donors (Lipinski definition) is 1. The fourth-order valence-electron chi connectivity index (χ4n) is 1.32. The number of nitrogens with one attached hydrogen (secondary N) is 1. The molecular weight excluding hydrogens is 292 g/mol. The molecule has 0 spiro atoms. The van der Waals surface area contributed by atoms with Crippen molar-refractivity contribution in [3.8, 4) is 5.75 Å². The van der Waals surface area contributed by atoms with Gasteiger partial charge < -0.3 is 4.52 Å². The summed E-state index contributed by atoms with van der Waals surface area (Å²) in [5.74, 6) is 0.390. The van der Waals surface area contributed by atoms with E-state index < -0.39 is 6.87 Å². The van der Waals surface area contributed by atoms with E-state index in [1.807, 2.05) is 18.2 Å². The molecular formula is C12H10Cl2NO2P. The first-order chi connectivity index (χ1) is 8.55. The maximum absolute atomic E-state index is 12.0. The minimum absolute atomic E-state index is 0.390. The maximum atomic E-state index is 12.0. The van der Waals surface area contributed by atoms with Crippen molar-refractivity contribution in [2.24, 2.45) is 0 Å². The SMILES string of the molecule is O=[P@@](Cl)(Nc1ccccc1)Oc1ccc(Cl)cc1. The van der Waals surface area contributed by atoms with Crippen LogP contribution in [0.3, 0.4) is 0 Å². The Morgan fingerprint density at radius 1 is 1.00 bits per heavy atom. The number of rotatable bonds is 4. The van der Waals surface area contributed by atoms with Crippen LogP contribution < -0.4 is 9.61 Å². The van der Waals surface area contributed by atoms with E-state index in [-0.39, 0.29) is 0 Å². The van der Waals surface area contributed by atoms with Crippen LogP contribution >= 0.6 is 29.7 Å². The van der Waals surface area contributed by atoms with Gasteiger partial charge in [-0.2, -0.15) is 0 Å². The quantitative estimate of drug-likeness (QED) is 0.791. The van der Waals surface area contributed by atoms with Gasteiger partial charge in [-0.1, -0.05) is 29.8 Å². The Morgan fingerprint density at radius 2 is 1.61 bits per heavy atom. The average Bonchev–Trinajstić information content (AvgIpc) is 2.32. The lowest BCUT2D eigenvalue weighted by atomic mass is 10.3. The van der Waals surface area contributed by atoms with Gasteiger partial charge in [-0.3, -0.25) is 5.09 Å². The minimum Gasteiger partial charge on any atom is -0.418 e. The number of halogens is 2. The Bertz CT molecular complexity index is 560. The molecule has 18 heavy (non-hydrogen) atoms. The summed E-state index contributed by atoms with van der Waals surface area (Å²) in [5.41, 5.74) is 0.629. The molecule has 2 aromatic carbocycles. The third kappa shape index (κ3) is 3.95. The Balaban J connectivity index is 2.08. The van der Waals surface area contributed by atoms with Crippen LogP contribution in [0.2, 0.25) is 5.02 Å². The van der Waals surface area contributed by atoms with Gasteiger partial charge in [-0.25, -0.2) is 4.57 Å².